The van der Waals surface area contributed by atoms with Crippen LogP contribution in [0.4, 0.5) is 0 Å². The summed E-state index contributed by atoms with van der Waals surface area (Å²) in [4.78, 5) is 11.5. The van der Waals surface area contributed by atoms with Crippen molar-refractivity contribution < 1.29 is 9.53 Å². The van der Waals surface area contributed by atoms with Crippen LogP contribution in [0, 0.1) is 0 Å². The molecular weight excluding hydrogens is 148 g/mol. The van der Waals surface area contributed by atoms with E-state index in [9.17, 15) is 4.79 Å². The number of hydrogen-bond acceptors (Lipinski definition) is 3. The predicted octanol–water partition coefficient (Wildman–Crippen LogP) is 1.96. The van der Waals surface area contributed by atoms with Gasteiger partial charge in [0.1, 0.15) is 10.6 Å². The SMILES string of the molecule is COc1ccsc1C(C)=O. The van der Waals surface area contributed by atoms with Crippen molar-refractivity contribution in [3.8, 4) is 5.75 Å². The quantitative estimate of drug-likeness (QED) is 0.612. The van der Waals surface area contributed by atoms with E-state index >= 15 is 0 Å². The van der Waals surface area contributed by atoms with Crippen molar-refractivity contribution in [1.82, 2.24) is 0 Å². The number of thiophene rings is 1. The molecule has 0 atom stereocenters. The molecule has 0 aromatic carbocycles. The lowest BCUT2D eigenvalue weighted by Gasteiger charge is -1.95. The van der Waals surface area contributed by atoms with Crippen LogP contribution in [0.2, 0.25) is 0 Å². The van der Waals surface area contributed by atoms with Crippen molar-refractivity contribution in [2.75, 3.05) is 7.11 Å². The summed E-state index contributed by atoms with van der Waals surface area (Å²) in [5, 5.41) is 1.84. The van der Waals surface area contributed by atoms with Crippen molar-refractivity contribution >= 4 is 17.1 Å². The molecule has 2 nitrogen and oxygen atoms in total. The average molecular weight is 156 g/mol. The molecule has 0 unspecified atom stereocenters. The zero-order chi connectivity index (χ0) is 7.56. The fourth-order valence-electron chi connectivity index (χ4n) is 0.715. The summed E-state index contributed by atoms with van der Waals surface area (Å²) in [7, 11) is 1.56. The molecule has 0 aliphatic heterocycles. The molecule has 54 valence electrons. The van der Waals surface area contributed by atoms with Crippen molar-refractivity contribution in [1.29, 1.82) is 0 Å². The molecule has 1 rings (SSSR count). The van der Waals surface area contributed by atoms with E-state index in [-0.39, 0.29) is 5.78 Å². The van der Waals surface area contributed by atoms with Gasteiger partial charge < -0.3 is 4.74 Å². The van der Waals surface area contributed by atoms with Crippen LogP contribution in [0.3, 0.4) is 0 Å². The molecular formula is C7H8O2S. The fourth-order valence-corrected chi connectivity index (χ4v) is 1.48. The molecule has 0 N–H and O–H groups in total. The smallest absolute Gasteiger partial charge is 0.173 e. The molecule has 10 heavy (non-hydrogen) atoms. The first-order chi connectivity index (χ1) is 4.75. The Bertz CT molecular complexity index is 240. The van der Waals surface area contributed by atoms with Crippen LogP contribution in [0.15, 0.2) is 11.4 Å². The van der Waals surface area contributed by atoms with Gasteiger partial charge in [0, 0.05) is 6.92 Å². The van der Waals surface area contributed by atoms with Gasteiger partial charge in [-0.25, -0.2) is 0 Å². The van der Waals surface area contributed by atoms with Crippen LogP contribution in [-0.4, -0.2) is 12.9 Å². The minimum Gasteiger partial charge on any atom is -0.495 e. The summed E-state index contributed by atoms with van der Waals surface area (Å²) >= 11 is 1.41. The Kier molecular flexibility index (Phi) is 2.06. The Morgan fingerprint density at radius 1 is 1.70 bits per heavy atom. The first kappa shape index (κ1) is 7.28. The first-order valence-electron chi connectivity index (χ1n) is 2.88. The van der Waals surface area contributed by atoms with E-state index in [1.165, 1.54) is 18.3 Å². The Labute approximate surface area is 63.4 Å². The number of methoxy groups -OCH3 is 1. The van der Waals surface area contributed by atoms with E-state index in [2.05, 4.69) is 0 Å². The fraction of sp³-hybridized carbons (Fsp3) is 0.286. The van der Waals surface area contributed by atoms with Gasteiger partial charge in [-0.05, 0) is 11.4 Å². The van der Waals surface area contributed by atoms with Crippen LogP contribution in [0.1, 0.15) is 16.6 Å². The second kappa shape index (κ2) is 2.84. The number of hydrogen-bond donors (Lipinski definition) is 0. The van der Waals surface area contributed by atoms with Crippen molar-refractivity contribution in [3.63, 3.8) is 0 Å². The maximum absolute atomic E-state index is 10.8. The molecule has 0 saturated carbocycles. The summed E-state index contributed by atoms with van der Waals surface area (Å²) in [5.74, 6) is 0.740. The molecule has 0 fully saturated rings. The summed E-state index contributed by atoms with van der Waals surface area (Å²) in [5.41, 5.74) is 0. The molecule has 0 aliphatic carbocycles. The zero-order valence-corrected chi connectivity index (χ0v) is 6.70. The Hall–Kier alpha value is -0.830. The van der Waals surface area contributed by atoms with Gasteiger partial charge in [0.25, 0.3) is 0 Å². The van der Waals surface area contributed by atoms with Gasteiger partial charge in [0.2, 0.25) is 0 Å². The van der Waals surface area contributed by atoms with Crippen molar-refractivity contribution in [2.24, 2.45) is 0 Å². The van der Waals surface area contributed by atoms with E-state index in [0.29, 0.717) is 10.6 Å². The lowest BCUT2D eigenvalue weighted by molar-refractivity contribution is 0.101. The Morgan fingerprint density at radius 2 is 2.40 bits per heavy atom. The molecule has 1 heterocycles. The van der Waals surface area contributed by atoms with E-state index in [1.807, 2.05) is 5.38 Å². The second-order valence-electron chi connectivity index (χ2n) is 1.87. The van der Waals surface area contributed by atoms with Crippen LogP contribution >= 0.6 is 11.3 Å². The normalized spacial score (nSPS) is 9.40. The van der Waals surface area contributed by atoms with E-state index in [0.717, 1.165) is 0 Å². The number of carbonyl (C=O) groups is 1. The minimum atomic E-state index is 0.0619. The summed E-state index contributed by atoms with van der Waals surface area (Å²) in [6.45, 7) is 1.54. The first-order valence-corrected chi connectivity index (χ1v) is 3.76. The highest BCUT2D eigenvalue weighted by Gasteiger charge is 2.07. The third-order valence-corrected chi connectivity index (χ3v) is 2.17. The third-order valence-electron chi connectivity index (χ3n) is 1.17. The molecule has 0 spiro atoms. The second-order valence-corrected chi connectivity index (χ2v) is 2.79. The van der Waals surface area contributed by atoms with Crippen molar-refractivity contribution in [2.45, 2.75) is 6.92 Å². The standard InChI is InChI=1S/C7H8O2S/c1-5(8)7-6(9-2)3-4-10-7/h3-4H,1-2H3. The number of Topliss-reactive ketones (excluding diaryl/α,β-unsaturated/α-hetero) is 1. The maximum atomic E-state index is 10.8. The number of ketones is 1. The van der Waals surface area contributed by atoms with Gasteiger partial charge in [-0.1, -0.05) is 0 Å². The van der Waals surface area contributed by atoms with Crippen molar-refractivity contribution in [3.05, 3.63) is 16.3 Å². The maximum Gasteiger partial charge on any atom is 0.173 e. The van der Waals surface area contributed by atoms with Crippen LogP contribution in [0.5, 0.6) is 5.75 Å². The van der Waals surface area contributed by atoms with Crippen LogP contribution < -0.4 is 4.74 Å². The van der Waals surface area contributed by atoms with Gasteiger partial charge in [0.15, 0.2) is 5.78 Å². The van der Waals surface area contributed by atoms with Crippen LogP contribution in [-0.2, 0) is 0 Å². The van der Waals surface area contributed by atoms with Gasteiger partial charge >= 0.3 is 0 Å². The largest absolute Gasteiger partial charge is 0.495 e. The molecule has 1 aromatic heterocycles. The third kappa shape index (κ3) is 1.19. The summed E-state index contributed by atoms with van der Waals surface area (Å²) in [6.07, 6.45) is 0. The molecule has 0 amide bonds. The van der Waals surface area contributed by atoms with Gasteiger partial charge in [-0.3, -0.25) is 4.79 Å². The average Bonchev–Trinajstić information content (AvgIpc) is 2.33. The number of rotatable bonds is 2. The molecule has 1 aromatic rings. The van der Waals surface area contributed by atoms with Gasteiger partial charge in [0.05, 0.1) is 7.11 Å². The molecule has 3 heteroatoms. The topological polar surface area (TPSA) is 26.3 Å². The zero-order valence-electron chi connectivity index (χ0n) is 5.88. The number of carbonyl (C=O) groups excluding carboxylic acids is 1. The molecule has 0 bridgehead atoms. The van der Waals surface area contributed by atoms with Gasteiger partial charge in [-0.2, -0.15) is 0 Å². The molecule has 0 aliphatic rings. The van der Waals surface area contributed by atoms with E-state index in [4.69, 9.17) is 4.74 Å². The lowest BCUT2D eigenvalue weighted by Crippen LogP contribution is -1.90. The monoisotopic (exact) mass is 156 g/mol. The highest BCUT2D eigenvalue weighted by atomic mass is 32.1. The molecule has 0 radical (unpaired) electrons. The number of ether oxygens (including phenoxy) is 1. The molecule has 0 saturated heterocycles. The Morgan fingerprint density at radius 3 is 2.80 bits per heavy atom. The van der Waals surface area contributed by atoms with Crippen LogP contribution in [0.25, 0.3) is 0 Å². The summed E-state index contributed by atoms with van der Waals surface area (Å²) < 4.78 is 4.94. The predicted molar refractivity (Wildman–Crippen MR) is 40.9 cm³/mol. The lowest BCUT2D eigenvalue weighted by atomic mass is 10.3. The summed E-state index contributed by atoms with van der Waals surface area (Å²) in [6, 6.07) is 1.79. The Balaban J connectivity index is 3.01. The minimum absolute atomic E-state index is 0.0619. The highest BCUT2D eigenvalue weighted by Crippen LogP contribution is 2.24. The van der Waals surface area contributed by atoms with E-state index in [1.54, 1.807) is 13.2 Å². The van der Waals surface area contributed by atoms with E-state index < -0.39 is 0 Å². The highest BCUT2D eigenvalue weighted by molar-refractivity contribution is 7.12. The van der Waals surface area contributed by atoms with Gasteiger partial charge in [-0.15, -0.1) is 11.3 Å².